The molecule has 6 nitrogen and oxygen atoms in total. The van der Waals surface area contributed by atoms with Crippen molar-refractivity contribution in [3.8, 4) is 0 Å². The van der Waals surface area contributed by atoms with Crippen molar-refractivity contribution < 1.29 is 4.79 Å². The molecule has 0 unspecified atom stereocenters. The van der Waals surface area contributed by atoms with Crippen molar-refractivity contribution in [2.24, 2.45) is 4.99 Å². The standard InChI is InChI=1S/C23H33N5OS.HI/c1-18-9-10-21(30-18)15-24-23(25-16-22(29)27(2)3)26-20-11-13-28(14-12-20)17-19-7-5-4-6-8-19;/h4-10,20H,11-17H2,1-3H3,(H2,24,25,26);1H. The molecule has 1 aromatic carbocycles. The van der Waals surface area contributed by atoms with Crippen molar-refractivity contribution in [1.82, 2.24) is 20.4 Å². The largest absolute Gasteiger partial charge is 0.354 e. The maximum atomic E-state index is 12.0. The smallest absolute Gasteiger partial charge is 0.243 e. The van der Waals surface area contributed by atoms with Gasteiger partial charge >= 0.3 is 0 Å². The van der Waals surface area contributed by atoms with E-state index in [-0.39, 0.29) is 36.4 Å². The van der Waals surface area contributed by atoms with E-state index in [4.69, 9.17) is 0 Å². The minimum Gasteiger partial charge on any atom is -0.354 e. The predicted octanol–water partition coefficient (Wildman–Crippen LogP) is 3.46. The zero-order valence-corrected chi connectivity index (χ0v) is 21.8. The normalized spacial score (nSPS) is 15.3. The van der Waals surface area contributed by atoms with E-state index in [2.05, 4.69) is 69.9 Å². The molecule has 1 aromatic heterocycles. The van der Waals surface area contributed by atoms with Crippen molar-refractivity contribution in [3.05, 3.63) is 57.8 Å². The summed E-state index contributed by atoms with van der Waals surface area (Å²) < 4.78 is 0. The third-order valence-corrected chi connectivity index (χ3v) is 6.28. The first-order chi connectivity index (χ1) is 14.5. The number of amides is 1. The Balaban J connectivity index is 0.00000341. The first kappa shape index (κ1) is 25.6. The van der Waals surface area contributed by atoms with Gasteiger partial charge in [-0.3, -0.25) is 9.69 Å². The molecule has 1 aliphatic heterocycles. The fourth-order valence-electron chi connectivity index (χ4n) is 3.46. The van der Waals surface area contributed by atoms with Gasteiger partial charge in [0, 0.05) is 49.5 Å². The summed E-state index contributed by atoms with van der Waals surface area (Å²) in [5.41, 5.74) is 1.36. The van der Waals surface area contributed by atoms with Crippen molar-refractivity contribution in [2.75, 3.05) is 33.7 Å². The average Bonchev–Trinajstić information content (AvgIpc) is 3.17. The van der Waals surface area contributed by atoms with Crippen LogP contribution in [0.25, 0.3) is 0 Å². The molecule has 31 heavy (non-hydrogen) atoms. The van der Waals surface area contributed by atoms with Gasteiger partial charge in [-0.05, 0) is 37.5 Å². The second-order valence-electron chi connectivity index (χ2n) is 8.00. The number of nitrogens with one attached hydrogen (secondary N) is 2. The minimum atomic E-state index is 0. The van der Waals surface area contributed by atoms with Gasteiger partial charge in [0.15, 0.2) is 5.96 Å². The molecule has 0 saturated carbocycles. The van der Waals surface area contributed by atoms with Crippen molar-refractivity contribution >= 4 is 47.2 Å². The van der Waals surface area contributed by atoms with Gasteiger partial charge in [0.05, 0.1) is 6.54 Å². The summed E-state index contributed by atoms with van der Waals surface area (Å²) in [6.45, 7) is 6.09. The molecular weight excluding hydrogens is 521 g/mol. The fourth-order valence-corrected chi connectivity index (χ4v) is 4.29. The molecule has 1 fully saturated rings. The Morgan fingerprint density at radius 1 is 1.16 bits per heavy atom. The molecule has 1 aliphatic rings. The van der Waals surface area contributed by atoms with Gasteiger partial charge in [0.25, 0.3) is 0 Å². The molecule has 2 aromatic rings. The third kappa shape index (κ3) is 8.78. The van der Waals surface area contributed by atoms with Gasteiger partial charge in [-0.2, -0.15) is 0 Å². The van der Waals surface area contributed by atoms with Gasteiger partial charge in [0.1, 0.15) is 6.54 Å². The van der Waals surface area contributed by atoms with Crippen LogP contribution >= 0.6 is 35.3 Å². The number of carbonyl (C=O) groups is 1. The zero-order valence-electron chi connectivity index (χ0n) is 18.6. The highest BCUT2D eigenvalue weighted by atomic mass is 127. The van der Waals surface area contributed by atoms with Crippen LogP contribution in [-0.2, 0) is 17.9 Å². The third-order valence-electron chi connectivity index (χ3n) is 5.27. The first-order valence-corrected chi connectivity index (χ1v) is 11.4. The van der Waals surface area contributed by atoms with Gasteiger partial charge in [-0.15, -0.1) is 35.3 Å². The molecule has 0 atom stereocenters. The quantitative estimate of drug-likeness (QED) is 0.312. The Hall–Kier alpha value is -1.65. The van der Waals surface area contributed by atoms with E-state index in [1.54, 1.807) is 30.3 Å². The minimum absolute atomic E-state index is 0. The number of carbonyl (C=O) groups excluding carboxylic acids is 1. The van der Waals surface area contributed by atoms with Crippen molar-refractivity contribution in [1.29, 1.82) is 0 Å². The summed E-state index contributed by atoms with van der Waals surface area (Å²) in [6, 6.07) is 15.3. The van der Waals surface area contributed by atoms with E-state index in [0.717, 1.165) is 38.4 Å². The second-order valence-corrected chi connectivity index (χ2v) is 9.37. The van der Waals surface area contributed by atoms with E-state index in [0.29, 0.717) is 12.6 Å². The Morgan fingerprint density at radius 3 is 2.48 bits per heavy atom. The molecular formula is C23H34IN5OS. The Labute approximate surface area is 207 Å². The number of hydrogen-bond acceptors (Lipinski definition) is 4. The van der Waals surface area contributed by atoms with Crippen molar-refractivity contribution in [3.63, 3.8) is 0 Å². The van der Waals surface area contributed by atoms with Crippen LogP contribution < -0.4 is 10.6 Å². The number of halogens is 1. The van der Waals surface area contributed by atoms with E-state index in [9.17, 15) is 4.79 Å². The van der Waals surface area contributed by atoms with Crippen LogP contribution in [0.1, 0.15) is 28.2 Å². The lowest BCUT2D eigenvalue weighted by molar-refractivity contribution is -0.127. The number of nitrogens with zero attached hydrogens (tertiary/aromatic N) is 3. The lowest BCUT2D eigenvalue weighted by atomic mass is 10.0. The molecule has 0 radical (unpaired) electrons. The molecule has 1 saturated heterocycles. The van der Waals surface area contributed by atoms with E-state index >= 15 is 0 Å². The molecule has 0 spiro atoms. The first-order valence-electron chi connectivity index (χ1n) is 10.6. The summed E-state index contributed by atoms with van der Waals surface area (Å²) >= 11 is 1.78. The lowest BCUT2D eigenvalue weighted by Crippen LogP contribution is -2.48. The lowest BCUT2D eigenvalue weighted by Gasteiger charge is -2.33. The van der Waals surface area contributed by atoms with Crippen LogP contribution in [0, 0.1) is 6.92 Å². The number of rotatable bonds is 7. The molecule has 170 valence electrons. The Morgan fingerprint density at radius 2 is 1.87 bits per heavy atom. The van der Waals surface area contributed by atoms with Gasteiger partial charge in [0.2, 0.25) is 5.91 Å². The monoisotopic (exact) mass is 555 g/mol. The van der Waals surface area contributed by atoms with E-state index < -0.39 is 0 Å². The van der Waals surface area contributed by atoms with Crippen LogP contribution in [0.4, 0.5) is 0 Å². The van der Waals surface area contributed by atoms with Gasteiger partial charge in [-0.1, -0.05) is 30.3 Å². The molecule has 1 amide bonds. The average molecular weight is 556 g/mol. The summed E-state index contributed by atoms with van der Waals surface area (Å²) in [6.07, 6.45) is 2.13. The highest BCUT2D eigenvalue weighted by Crippen LogP contribution is 2.15. The summed E-state index contributed by atoms with van der Waals surface area (Å²) in [5, 5.41) is 6.96. The van der Waals surface area contributed by atoms with Crippen LogP contribution in [0.15, 0.2) is 47.5 Å². The van der Waals surface area contributed by atoms with Gasteiger partial charge in [-0.25, -0.2) is 4.99 Å². The van der Waals surface area contributed by atoms with Crippen LogP contribution in [0.5, 0.6) is 0 Å². The zero-order chi connectivity index (χ0) is 21.3. The number of piperidine rings is 1. The van der Waals surface area contributed by atoms with Crippen molar-refractivity contribution in [2.45, 2.75) is 38.9 Å². The topological polar surface area (TPSA) is 60.0 Å². The molecule has 2 heterocycles. The molecule has 3 rings (SSSR count). The van der Waals surface area contributed by atoms with E-state index in [1.807, 2.05) is 0 Å². The number of guanidine groups is 1. The summed E-state index contributed by atoms with van der Waals surface area (Å²) in [5.74, 6) is 0.721. The number of likely N-dealkylation sites (tertiary alicyclic amines) is 1. The maximum Gasteiger partial charge on any atom is 0.243 e. The molecule has 8 heteroatoms. The number of hydrogen-bond donors (Lipinski definition) is 2. The molecule has 0 aliphatic carbocycles. The van der Waals surface area contributed by atoms with Crippen LogP contribution in [0.3, 0.4) is 0 Å². The number of aliphatic imine (C=N–C) groups is 1. The van der Waals surface area contributed by atoms with Gasteiger partial charge < -0.3 is 15.5 Å². The maximum absolute atomic E-state index is 12.0. The highest BCUT2D eigenvalue weighted by Gasteiger charge is 2.20. The number of thiophene rings is 1. The number of aryl methyl sites for hydroxylation is 1. The number of likely N-dealkylation sites (N-methyl/N-ethyl adjacent to an activating group) is 1. The van der Waals surface area contributed by atoms with Crippen LogP contribution in [-0.4, -0.2) is 61.4 Å². The molecule has 0 bridgehead atoms. The highest BCUT2D eigenvalue weighted by molar-refractivity contribution is 14.0. The molecule has 2 N–H and O–H groups in total. The second kappa shape index (κ2) is 13.0. The van der Waals surface area contributed by atoms with E-state index in [1.165, 1.54) is 15.3 Å². The number of benzene rings is 1. The predicted molar refractivity (Wildman–Crippen MR) is 140 cm³/mol. The summed E-state index contributed by atoms with van der Waals surface area (Å²) in [4.78, 5) is 23.2. The van der Waals surface area contributed by atoms with Crippen LogP contribution in [0.2, 0.25) is 0 Å². The Bertz CT molecular complexity index is 832. The summed E-state index contributed by atoms with van der Waals surface area (Å²) in [7, 11) is 3.52. The fraction of sp³-hybridized carbons (Fsp3) is 0.478. The SMILES string of the molecule is Cc1ccc(CNC(=NCC(=O)N(C)C)NC2CCN(Cc3ccccc3)CC2)s1.I. The Kier molecular flexibility index (Phi) is 10.8.